The maximum Gasteiger partial charge on any atom is 0.573 e. The minimum atomic E-state index is -4.92. The van der Waals surface area contributed by atoms with Gasteiger partial charge in [-0.25, -0.2) is 0 Å². The van der Waals surface area contributed by atoms with Crippen LogP contribution >= 0.6 is 0 Å². The third kappa shape index (κ3) is 6.84. The Morgan fingerprint density at radius 1 is 1.24 bits per heavy atom. The number of amides is 1. The SMILES string of the molecule is N[C@H](CC(F)(F)F)C(=O)Nc1cccc(OC(F)(F)F)c1. The minimum absolute atomic E-state index is 0.167. The second kappa shape index (κ2) is 6.20. The van der Waals surface area contributed by atoms with Crippen molar-refractivity contribution in [3.63, 3.8) is 0 Å². The minimum Gasteiger partial charge on any atom is -0.406 e. The van der Waals surface area contributed by atoms with Crippen molar-refractivity contribution < 1.29 is 35.9 Å². The maximum absolute atomic E-state index is 12.1. The molecular formula is C11H10F6N2O2. The summed E-state index contributed by atoms with van der Waals surface area (Å²) in [6.45, 7) is 0. The van der Waals surface area contributed by atoms with Gasteiger partial charge in [-0.2, -0.15) is 13.2 Å². The first-order chi connectivity index (χ1) is 9.46. The molecule has 0 unspecified atom stereocenters. The lowest BCUT2D eigenvalue weighted by molar-refractivity contribution is -0.274. The Labute approximate surface area is 114 Å². The van der Waals surface area contributed by atoms with Gasteiger partial charge in [0.2, 0.25) is 5.91 Å². The van der Waals surface area contributed by atoms with E-state index >= 15 is 0 Å². The zero-order valence-corrected chi connectivity index (χ0v) is 10.3. The number of alkyl halides is 6. The number of benzene rings is 1. The van der Waals surface area contributed by atoms with Crippen molar-refractivity contribution in [2.24, 2.45) is 5.73 Å². The van der Waals surface area contributed by atoms with Crippen molar-refractivity contribution in [2.45, 2.75) is 25.0 Å². The molecular weight excluding hydrogens is 306 g/mol. The highest BCUT2D eigenvalue weighted by atomic mass is 19.4. The second-order valence-electron chi connectivity index (χ2n) is 3.99. The molecule has 1 aromatic carbocycles. The summed E-state index contributed by atoms with van der Waals surface area (Å²) in [5.41, 5.74) is 4.88. The fourth-order valence-corrected chi connectivity index (χ4v) is 1.35. The highest BCUT2D eigenvalue weighted by Gasteiger charge is 2.33. The molecule has 1 aromatic rings. The van der Waals surface area contributed by atoms with Crippen LogP contribution < -0.4 is 15.8 Å². The maximum atomic E-state index is 12.1. The predicted octanol–water partition coefficient (Wildman–Crippen LogP) is 2.80. The Morgan fingerprint density at radius 2 is 1.86 bits per heavy atom. The number of halogens is 6. The molecule has 0 radical (unpaired) electrons. The van der Waals surface area contributed by atoms with E-state index in [2.05, 4.69) is 4.74 Å². The number of nitrogens with one attached hydrogen (secondary N) is 1. The van der Waals surface area contributed by atoms with Crippen molar-refractivity contribution in [3.8, 4) is 5.75 Å². The summed E-state index contributed by atoms with van der Waals surface area (Å²) < 4.78 is 75.7. The average Bonchev–Trinajstić information content (AvgIpc) is 2.24. The normalized spacial score (nSPS) is 13.7. The van der Waals surface area contributed by atoms with E-state index in [4.69, 9.17) is 5.73 Å². The number of hydrogen-bond donors (Lipinski definition) is 2. The molecule has 0 saturated heterocycles. The topological polar surface area (TPSA) is 64.4 Å². The molecule has 0 saturated carbocycles. The summed E-state index contributed by atoms with van der Waals surface area (Å²) in [6.07, 6.45) is -11.1. The number of ether oxygens (including phenoxy) is 1. The van der Waals surface area contributed by atoms with Crippen LogP contribution in [0.2, 0.25) is 0 Å². The van der Waals surface area contributed by atoms with Crippen LogP contribution in [0.1, 0.15) is 6.42 Å². The monoisotopic (exact) mass is 316 g/mol. The molecule has 1 rings (SSSR count). The molecule has 0 aliphatic heterocycles. The number of hydrogen-bond acceptors (Lipinski definition) is 3. The first kappa shape index (κ1) is 17.1. The van der Waals surface area contributed by atoms with E-state index in [-0.39, 0.29) is 5.69 Å². The number of anilines is 1. The van der Waals surface area contributed by atoms with Gasteiger partial charge in [0.25, 0.3) is 0 Å². The molecule has 0 bridgehead atoms. The third-order valence-corrected chi connectivity index (χ3v) is 2.12. The van der Waals surface area contributed by atoms with Crippen LogP contribution in [0.4, 0.5) is 32.0 Å². The molecule has 0 spiro atoms. The zero-order valence-electron chi connectivity index (χ0n) is 10.3. The smallest absolute Gasteiger partial charge is 0.406 e. The van der Waals surface area contributed by atoms with Crippen molar-refractivity contribution in [1.29, 1.82) is 0 Å². The van der Waals surface area contributed by atoms with Gasteiger partial charge < -0.3 is 15.8 Å². The van der Waals surface area contributed by atoms with Crippen LogP contribution in [0.5, 0.6) is 5.75 Å². The molecule has 0 aliphatic carbocycles. The van der Waals surface area contributed by atoms with Gasteiger partial charge in [-0.05, 0) is 12.1 Å². The lowest BCUT2D eigenvalue weighted by atomic mass is 10.2. The van der Waals surface area contributed by atoms with Crippen LogP contribution in [0.25, 0.3) is 0 Å². The summed E-state index contributed by atoms with van der Waals surface area (Å²) in [4.78, 5) is 11.4. The van der Waals surface area contributed by atoms with Gasteiger partial charge in [0.15, 0.2) is 0 Å². The van der Waals surface area contributed by atoms with Gasteiger partial charge >= 0.3 is 12.5 Å². The molecule has 4 nitrogen and oxygen atoms in total. The molecule has 118 valence electrons. The molecule has 0 aromatic heterocycles. The standard InChI is InChI=1S/C11H10F6N2O2/c12-10(13,14)5-8(18)9(20)19-6-2-1-3-7(4-6)21-11(15,16)17/h1-4,8H,5,18H2,(H,19,20)/t8-/m1/s1. The van der Waals surface area contributed by atoms with Crippen molar-refractivity contribution in [2.75, 3.05) is 5.32 Å². The van der Waals surface area contributed by atoms with Crippen LogP contribution in [-0.2, 0) is 4.79 Å². The number of rotatable bonds is 4. The lowest BCUT2D eigenvalue weighted by Crippen LogP contribution is -2.39. The van der Waals surface area contributed by atoms with E-state index < -0.39 is 36.7 Å². The van der Waals surface area contributed by atoms with E-state index in [0.717, 1.165) is 18.2 Å². The molecule has 0 heterocycles. The lowest BCUT2D eigenvalue weighted by Gasteiger charge is -2.15. The molecule has 3 N–H and O–H groups in total. The van der Waals surface area contributed by atoms with Gasteiger partial charge in [0.1, 0.15) is 5.75 Å². The number of carbonyl (C=O) groups is 1. The number of nitrogens with two attached hydrogens (primary N) is 1. The quantitative estimate of drug-likeness (QED) is 0.840. The summed E-state index contributed by atoms with van der Waals surface area (Å²) in [5, 5.41) is 1.98. The molecule has 0 fully saturated rings. The Kier molecular flexibility index (Phi) is 5.05. The summed E-state index contributed by atoms with van der Waals surface area (Å²) >= 11 is 0. The van der Waals surface area contributed by atoms with Gasteiger partial charge in [-0.15, -0.1) is 13.2 Å². The molecule has 10 heteroatoms. The largest absolute Gasteiger partial charge is 0.573 e. The summed E-state index contributed by atoms with van der Waals surface area (Å²) in [6, 6.07) is 2.23. The molecule has 0 aliphatic rings. The highest BCUT2D eigenvalue weighted by Crippen LogP contribution is 2.25. The van der Waals surface area contributed by atoms with Crippen molar-refractivity contribution in [1.82, 2.24) is 0 Å². The van der Waals surface area contributed by atoms with Crippen LogP contribution in [0.15, 0.2) is 24.3 Å². The van der Waals surface area contributed by atoms with E-state index in [9.17, 15) is 31.1 Å². The van der Waals surface area contributed by atoms with Gasteiger partial charge in [0, 0.05) is 11.8 Å². The predicted molar refractivity (Wildman–Crippen MR) is 60.4 cm³/mol. The molecule has 21 heavy (non-hydrogen) atoms. The molecule has 1 amide bonds. The zero-order chi connectivity index (χ0) is 16.3. The Hall–Kier alpha value is -1.97. The molecule has 1 atom stereocenters. The average molecular weight is 316 g/mol. The van der Waals surface area contributed by atoms with E-state index in [0.29, 0.717) is 0 Å². The summed E-state index contributed by atoms with van der Waals surface area (Å²) in [7, 11) is 0. The van der Waals surface area contributed by atoms with Crippen LogP contribution in [0.3, 0.4) is 0 Å². The highest BCUT2D eigenvalue weighted by molar-refractivity contribution is 5.94. The van der Waals surface area contributed by atoms with E-state index in [1.807, 2.05) is 5.32 Å². The second-order valence-corrected chi connectivity index (χ2v) is 3.99. The Balaban J connectivity index is 2.70. The third-order valence-electron chi connectivity index (χ3n) is 2.12. The fraction of sp³-hybridized carbons (Fsp3) is 0.364. The Morgan fingerprint density at radius 3 is 2.38 bits per heavy atom. The first-order valence-corrected chi connectivity index (χ1v) is 5.45. The fourth-order valence-electron chi connectivity index (χ4n) is 1.35. The van der Waals surface area contributed by atoms with Crippen molar-refractivity contribution in [3.05, 3.63) is 24.3 Å². The van der Waals surface area contributed by atoms with Crippen LogP contribution in [0, 0.1) is 0 Å². The Bertz CT molecular complexity index is 500. The van der Waals surface area contributed by atoms with Gasteiger partial charge in [-0.3, -0.25) is 4.79 Å². The summed E-state index contributed by atoms with van der Waals surface area (Å²) in [5.74, 6) is -1.79. The number of carbonyl (C=O) groups excluding carboxylic acids is 1. The first-order valence-electron chi connectivity index (χ1n) is 5.45. The van der Waals surface area contributed by atoms with E-state index in [1.54, 1.807) is 0 Å². The van der Waals surface area contributed by atoms with Crippen LogP contribution in [-0.4, -0.2) is 24.5 Å². The van der Waals surface area contributed by atoms with Gasteiger partial charge in [-0.1, -0.05) is 6.07 Å². The van der Waals surface area contributed by atoms with E-state index in [1.165, 1.54) is 6.07 Å². The van der Waals surface area contributed by atoms with Crippen molar-refractivity contribution >= 4 is 11.6 Å². The van der Waals surface area contributed by atoms with Gasteiger partial charge in [0.05, 0.1) is 12.5 Å².